The lowest BCUT2D eigenvalue weighted by atomic mass is 9.70. The van der Waals surface area contributed by atoms with Crippen LogP contribution in [-0.4, -0.2) is 33.5 Å². The number of nitrogens with two attached hydrogens (primary N) is 1. The van der Waals surface area contributed by atoms with E-state index in [1.54, 1.807) is 12.1 Å². The van der Waals surface area contributed by atoms with Crippen LogP contribution in [0.2, 0.25) is 0 Å². The van der Waals surface area contributed by atoms with Crippen LogP contribution in [0, 0.1) is 5.92 Å². The van der Waals surface area contributed by atoms with Crippen LogP contribution < -0.4 is 19.3 Å². The fourth-order valence-corrected chi connectivity index (χ4v) is 7.11. The van der Waals surface area contributed by atoms with Crippen molar-refractivity contribution in [3.8, 4) is 17.2 Å². The zero-order valence-electron chi connectivity index (χ0n) is 19.3. The highest BCUT2D eigenvalue weighted by Crippen LogP contribution is 2.70. The van der Waals surface area contributed by atoms with Gasteiger partial charge in [0.05, 0.1) is 25.5 Å². The van der Waals surface area contributed by atoms with Crippen LogP contribution in [0.3, 0.4) is 0 Å². The Morgan fingerprint density at radius 3 is 2.37 bits per heavy atom. The van der Waals surface area contributed by atoms with Gasteiger partial charge in [0.2, 0.25) is 10.0 Å². The maximum absolute atomic E-state index is 12.8. The molecule has 7 nitrogen and oxygen atoms in total. The van der Waals surface area contributed by atoms with Crippen LogP contribution in [0.25, 0.3) is 0 Å². The molecule has 4 atom stereocenters. The number of primary sulfonamides is 1. The number of fused-ring (bicyclic) bond motifs is 3. The van der Waals surface area contributed by atoms with Gasteiger partial charge < -0.3 is 19.3 Å². The number of methoxy groups -OCH3 is 2. The monoisotopic (exact) mass is 559 g/mol. The lowest BCUT2D eigenvalue weighted by Gasteiger charge is -2.41. The molecule has 0 bridgehead atoms. The SMILES string of the molecule is COc1cc(OC)c2c(c1)OC1(c3ccc(Br)cc3)C(c3ccccc3)CC(CS(N)(=O)=O)C21O. The number of aliphatic hydroxyl groups is 1. The van der Waals surface area contributed by atoms with E-state index in [0.717, 1.165) is 10.0 Å². The van der Waals surface area contributed by atoms with Gasteiger partial charge in [-0.25, -0.2) is 13.6 Å². The van der Waals surface area contributed by atoms with E-state index < -0.39 is 32.9 Å². The molecule has 4 unspecified atom stereocenters. The highest BCUT2D eigenvalue weighted by atomic mass is 79.9. The number of ether oxygens (including phenoxy) is 3. The van der Waals surface area contributed by atoms with Crippen molar-refractivity contribution in [3.05, 3.63) is 87.9 Å². The number of hydrogen-bond acceptors (Lipinski definition) is 6. The Labute approximate surface area is 213 Å². The predicted molar refractivity (Wildman–Crippen MR) is 135 cm³/mol. The van der Waals surface area contributed by atoms with Crippen molar-refractivity contribution in [3.63, 3.8) is 0 Å². The molecular weight excluding hydrogens is 534 g/mol. The van der Waals surface area contributed by atoms with Crippen LogP contribution in [-0.2, 0) is 21.2 Å². The maximum Gasteiger partial charge on any atom is 0.209 e. The summed E-state index contributed by atoms with van der Waals surface area (Å²) in [4.78, 5) is 0. The van der Waals surface area contributed by atoms with Crippen molar-refractivity contribution >= 4 is 26.0 Å². The zero-order chi connectivity index (χ0) is 25.0. The van der Waals surface area contributed by atoms with Crippen molar-refractivity contribution in [1.82, 2.24) is 0 Å². The van der Waals surface area contributed by atoms with Crippen molar-refractivity contribution in [1.29, 1.82) is 0 Å². The quantitative estimate of drug-likeness (QED) is 0.472. The number of rotatable bonds is 6. The first-order valence-corrected chi connectivity index (χ1v) is 13.6. The fourth-order valence-electron chi connectivity index (χ4n) is 5.91. The van der Waals surface area contributed by atoms with Crippen molar-refractivity contribution in [2.24, 2.45) is 11.1 Å². The molecule has 3 aromatic rings. The summed E-state index contributed by atoms with van der Waals surface area (Å²) in [7, 11) is -0.898. The van der Waals surface area contributed by atoms with Gasteiger partial charge in [-0.05, 0) is 29.7 Å². The molecule has 1 aliphatic heterocycles. The van der Waals surface area contributed by atoms with Crippen LogP contribution in [0.15, 0.2) is 71.2 Å². The summed E-state index contributed by atoms with van der Waals surface area (Å²) in [5, 5.41) is 18.4. The van der Waals surface area contributed by atoms with E-state index in [9.17, 15) is 13.5 Å². The van der Waals surface area contributed by atoms with E-state index in [1.807, 2.05) is 54.6 Å². The van der Waals surface area contributed by atoms with E-state index in [0.29, 0.717) is 34.8 Å². The Morgan fingerprint density at radius 2 is 1.77 bits per heavy atom. The summed E-state index contributed by atoms with van der Waals surface area (Å²) >= 11 is 3.48. The van der Waals surface area contributed by atoms with Gasteiger partial charge >= 0.3 is 0 Å². The van der Waals surface area contributed by atoms with Gasteiger partial charge in [-0.2, -0.15) is 0 Å². The largest absolute Gasteiger partial charge is 0.496 e. The third-order valence-corrected chi connectivity index (χ3v) is 8.62. The first-order valence-electron chi connectivity index (χ1n) is 11.1. The standard InChI is InChI=1S/C26H26BrNO6S/c1-32-20-13-22(33-2)24-23(14-20)34-26(17-8-10-19(27)11-9-17)21(16-6-4-3-5-7-16)12-18(25(24,26)29)15-35(28,30)31/h3-11,13-14,18,21,29H,12,15H2,1-2H3,(H2,28,30,31). The summed E-state index contributed by atoms with van der Waals surface area (Å²) in [5.74, 6) is -0.335. The molecule has 1 aliphatic carbocycles. The minimum atomic E-state index is -3.93. The molecule has 0 radical (unpaired) electrons. The van der Waals surface area contributed by atoms with Gasteiger partial charge in [0.25, 0.3) is 0 Å². The van der Waals surface area contributed by atoms with Crippen LogP contribution in [0.1, 0.15) is 29.0 Å². The lowest BCUT2D eigenvalue weighted by Crippen LogP contribution is -2.51. The molecule has 0 aromatic heterocycles. The second-order valence-corrected chi connectivity index (χ2v) is 11.6. The first-order chi connectivity index (χ1) is 16.6. The summed E-state index contributed by atoms with van der Waals surface area (Å²) in [6, 6.07) is 20.6. The summed E-state index contributed by atoms with van der Waals surface area (Å²) in [6.07, 6.45) is 0.335. The fraction of sp³-hybridized carbons (Fsp3) is 0.308. The molecule has 1 heterocycles. The van der Waals surface area contributed by atoms with Crippen LogP contribution in [0.5, 0.6) is 17.2 Å². The highest BCUT2D eigenvalue weighted by Gasteiger charge is 2.73. The zero-order valence-corrected chi connectivity index (χ0v) is 21.7. The first kappa shape index (κ1) is 24.1. The predicted octanol–water partition coefficient (Wildman–Crippen LogP) is 4.03. The molecule has 5 rings (SSSR count). The van der Waals surface area contributed by atoms with Crippen LogP contribution >= 0.6 is 15.9 Å². The highest BCUT2D eigenvalue weighted by molar-refractivity contribution is 9.10. The van der Waals surface area contributed by atoms with Gasteiger partial charge in [-0.3, -0.25) is 0 Å². The average molecular weight is 560 g/mol. The third kappa shape index (κ3) is 3.64. The number of hydrogen-bond donors (Lipinski definition) is 2. The second-order valence-electron chi connectivity index (χ2n) is 9.04. The van der Waals surface area contributed by atoms with Crippen molar-refractivity contribution in [2.75, 3.05) is 20.0 Å². The molecule has 2 aliphatic rings. The molecule has 0 saturated heterocycles. The molecule has 3 aromatic carbocycles. The second kappa shape index (κ2) is 8.51. The normalized spacial score (nSPS) is 27.1. The summed E-state index contributed by atoms with van der Waals surface area (Å²) in [5.41, 5.74) is -1.07. The van der Waals surface area contributed by atoms with E-state index in [4.69, 9.17) is 19.3 Å². The Kier molecular flexibility index (Phi) is 5.87. The summed E-state index contributed by atoms with van der Waals surface area (Å²) < 4.78 is 43.5. The topological polar surface area (TPSA) is 108 Å². The molecule has 3 N–H and O–H groups in total. The smallest absolute Gasteiger partial charge is 0.209 e. The molecule has 0 amide bonds. The number of sulfonamides is 1. The Hall–Kier alpha value is -2.59. The van der Waals surface area contributed by atoms with Crippen molar-refractivity contribution in [2.45, 2.75) is 23.5 Å². The number of benzene rings is 3. The van der Waals surface area contributed by atoms with Crippen molar-refractivity contribution < 1.29 is 27.7 Å². The Balaban J connectivity index is 1.86. The van der Waals surface area contributed by atoms with Crippen LogP contribution in [0.4, 0.5) is 0 Å². The average Bonchev–Trinajstić information content (AvgIpc) is 3.24. The molecule has 184 valence electrons. The third-order valence-electron chi connectivity index (χ3n) is 7.22. The molecule has 1 saturated carbocycles. The van der Waals surface area contributed by atoms with E-state index in [1.165, 1.54) is 14.2 Å². The lowest BCUT2D eigenvalue weighted by molar-refractivity contribution is -0.124. The maximum atomic E-state index is 12.8. The summed E-state index contributed by atoms with van der Waals surface area (Å²) in [6.45, 7) is 0. The van der Waals surface area contributed by atoms with E-state index in [-0.39, 0.29) is 5.92 Å². The Morgan fingerprint density at radius 1 is 1.09 bits per heavy atom. The molecule has 1 fully saturated rings. The molecule has 9 heteroatoms. The molecular formula is C26H26BrNO6S. The Bertz CT molecular complexity index is 1360. The van der Waals surface area contributed by atoms with Gasteiger partial charge in [-0.15, -0.1) is 0 Å². The van der Waals surface area contributed by atoms with Gasteiger partial charge in [0, 0.05) is 28.4 Å². The molecule has 35 heavy (non-hydrogen) atoms. The number of halogens is 1. The van der Waals surface area contributed by atoms with E-state index in [2.05, 4.69) is 15.9 Å². The van der Waals surface area contributed by atoms with Gasteiger partial charge in [-0.1, -0.05) is 58.4 Å². The van der Waals surface area contributed by atoms with Gasteiger partial charge in [0.15, 0.2) is 5.60 Å². The molecule has 0 spiro atoms. The van der Waals surface area contributed by atoms with Gasteiger partial charge in [0.1, 0.15) is 22.8 Å². The van der Waals surface area contributed by atoms with E-state index >= 15 is 0 Å². The minimum Gasteiger partial charge on any atom is -0.496 e. The minimum absolute atomic E-state index is 0.335.